The van der Waals surface area contributed by atoms with Crippen LogP contribution in [0.15, 0.2) is 45.3 Å². The summed E-state index contributed by atoms with van der Waals surface area (Å²) in [7, 11) is 0. The summed E-state index contributed by atoms with van der Waals surface area (Å²) >= 11 is 3.14. The summed E-state index contributed by atoms with van der Waals surface area (Å²) in [5.74, 6) is -0.339. The van der Waals surface area contributed by atoms with Gasteiger partial charge in [0, 0.05) is 4.88 Å². The summed E-state index contributed by atoms with van der Waals surface area (Å²) in [5.41, 5.74) is 3.95. The van der Waals surface area contributed by atoms with Crippen LogP contribution in [0, 0.1) is 0 Å². The second kappa shape index (κ2) is 7.70. The lowest BCUT2D eigenvalue weighted by molar-refractivity contribution is -0.125. The summed E-state index contributed by atoms with van der Waals surface area (Å²) in [6.07, 6.45) is 0. The Bertz CT molecular complexity index is 631. The number of rotatable bonds is 6. The Morgan fingerprint density at radius 1 is 1.14 bits per heavy atom. The molecule has 1 amide bonds. The minimum absolute atomic E-state index is 0.163. The monoisotopic (exact) mass is 321 g/mol. The van der Waals surface area contributed by atoms with Gasteiger partial charge in [0.25, 0.3) is 5.91 Å². The van der Waals surface area contributed by atoms with Crippen molar-refractivity contribution in [3.63, 3.8) is 0 Å². The smallest absolute Gasteiger partial charge is 0.280 e. The lowest BCUT2D eigenvalue weighted by Gasteiger charge is -2.01. The van der Waals surface area contributed by atoms with Crippen molar-refractivity contribution in [1.29, 1.82) is 0 Å². The lowest BCUT2D eigenvalue weighted by Crippen LogP contribution is -2.23. The largest absolute Gasteiger partial charge is 0.385 e. The van der Waals surface area contributed by atoms with Crippen LogP contribution in [0.4, 0.5) is 0 Å². The average Bonchev–Trinajstić information content (AvgIpc) is 3.16. The SMILES string of the molecule is CC(=NNC(=O)CON=C(C)c1cccs1)c1cccs1. The van der Waals surface area contributed by atoms with Crippen LogP contribution < -0.4 is 5.43 Å². The van der Waals surface area contributed by atoms with Crippen molar-refractivity contribution in [2.24, 2.45) is 10.3 Å². The first kappa shape index (κ1) is 15.4. The predicted molar refractivity (Wildman–Crippen MR) is 87.2 cm³/mol. The molecule has 1 N–H and O–H groups in total. The van der Waals surface area contributed by atoms with Gasteiger partial charge in [0.1, 0.15) is 0 Å². The number of nitrogens with one attached hydrogen (secondary N) is 1. The van der Waals surface area contributed by atoms with E-state index in [1.807, 2.05) is 48.9 Å². The molecule has 0 aliphatic rings. The molecule has 7 heteroatoms. The first-order valence-corrected chi connectivity index (χ1v) is 8.00. The molecule has 2 rings (SSSR count). The number of hydrogen-bond donors (Lipinski definition) is 1. The number of carbonyl (C=O) groups is 1. The summed E-state index contributed by atoms with van der Waals surface area (Å²) in [5, 5.41) is 11.8. The van der Waals surface area contributed by atoms with Crippen LogP contribution in [0.3, 0.4) is 0 Å². The van der Waals surface area contributed by atoms with Crippen LogP contribution in [0.5, 0.6) is 0 Å². The van der Waals surface area contributed by atoms with Crippen LogP contribution in [-0.2, 0) is 9.63 Å². The second-order valence-electron chi connectivity index (χ2n) is 4.14. The van der Waals surface area contributed by atoms with Crippen molar-refractivity contribution in [3.05, 3.63) is 44.8 Å². The number of amides is 1. The molecule has 2 heterocycles. The molecule has 2 aromatic heterocycles. The highest BCUT2D eigenvalue weighted by Crippen LogP contribution is 2.10. The first-order chi connectivity index (χ1) is 10.2. The van der Waals surface area contributed by atoms with Gasteiger partial charge in [0.15, 0.2) is 6.61 Å². The molecule has 0 aliphatic heterocycles. The summed E-state index contributed by atoms with van der Waals surface area (Å²) < 4.78 is 0. The minimum Gasteiger partial charge on any atom is -0.385 e. The molecule has 0 radical (unpaired) electrons. The Morgan fingerprint density at radius 3 is 2.33 bits per heavy atom. The molecule has 5 nitrogen and oxygen atoms in total. The second-order valence-corrected chi connectivity index (χ2v) is 6.03. The number of nitrogens with zero attached hydrogens (tertiary/aromatic N) is 2. The molecule has 0 atom stereocenters. The fourth-order valence-electron chi connectivity index (χ4n) is 1.44. The Balaban J connectivity index is 1.78. The maximum absolute atomic E-state index is 11.6. The zero-order chi connectivity index (χ0) is 15.1. The van der Waals surface area contributed by atoms with E-state index in [2.05, 4.69) is 15.7 Å². The van der Waals surface area contributed by atoms with Gasteiger partial charge in [-0.05, 0) is 36.7 Å². The Kier molecular flexibility index (Phi) is 5.65. The number of hydrogen-bond acceptors (Lipinski definition) is 6. The molecule has 0 fully saturated rings. The third-order valence-corrected chi connectivity index (χ3v) is 4.46. The van der Waals surface area contributed by atoms with Crippen LogP contribution in [0.2, 0.25) is 0 Å². The molecule has 21 heavy (non-hydrogen) atoms. The third kappa shape index (κ3) is 4.80. The van der Waals surface area contributed by atoms with Crippen LogP contribution in [-0.4, -0.2) is 23.9 Å². The highest BCUT2D eigenvalue weighted by Gasteiger charge is 2.03. The lowest BCUT2D eigenvalue weighted by atomic mass is 10.3. The molecule has 0 aromatic carbocycles. The summed E-state index contributed by atoms with van der Waals surface area (Å²) in [4.78, 5) is 18.6. The van der Waals surface area contributed by atoms with Crippen LogP contribution >= 0.6 is 22.7 Å². The van der Waals surface area contributed by atoms with Gasteiger partial charge in [-0.1, -0.05) is 17.3 Å². The van der Waals surface area contributed by atoms with Crippen molar-refractivity contribution < 1.29 is 9.63 Å². The Hall–Kier alpha value is -1.99. The first-order valence-electron chi connectivity index (χ1n) is 6.24. The maximum atomic E-state index is 11.6. The molecule has 0 spiro atoms. The van der Waals surface area contributed by atoms with E-state index in [-0.39, 0.29) is 12.5 Å². The van der Waals surface area contributed by atoms with Gasteiger partial charge in [-0.15, -0.1) is 22.7 Å². The molecular weight excluding hydrogens is 306 g/mol. The van der Waals surface area contributed by atoms with E-state index in [9.17, 15) is 4.79 Å². The fourth-order valence-corrected chi connectivity index (χ4v) is 2.78. The molecule has 2 aromatic rings. The van der Waals surface area contributed by atoms with E-state index in [0.717, 1.165) is 21.2 Å². The molecule has 0 aliphatic carbocycles. The predicted octanol–water partition coefficient (Wildman–Crippen LogP) is 3.09. The topological polar surface area (TPSA) is 63.0 Å². The van der Waals surface area contributed by atoms with Crippen LogP contribution in [0.25, 0.3) is 0 Å². The van der Waals surface area contributed by atoms with E-state index in [4.69, 9.17) is 4.84 Å². The zero-order valence-electron chi connectivity index (χ0n) is 11.7. The number of thiophene rings is 2. The zero-order valence-corrected chi connectivity index (χ0v) is 13.3. The number of carbonyl (C=O) groups excluding carboxylic acids is 1. The number of hydrazone groups is 1. The molecule has 110 valence electrons. The van der Waals surface area contributed by atoms with E-state index in [1.165, 1.54) is 0 Å². The molecule has 0 bridgehead atoms. The summed E-state index contributed by atoms with van der Waals surface area (Å²) in [6.45, 7) is 3.51. The van der Waals surface area contributed by atoms with Gasteiger partial charge in [-0.2, -0.15) is 5.10 Å². The standard InChI is InChI=1S/C14H15N3O2S2/c1-10(12-5-3-7-20-12)15-16-14(18)9-19-17-11(2)13-6-4-8-21-13/h3-8H,9H2,1-2H3,(H,16,18). The minimum atomic E-state index is -0.339. The summed E-state index contributed by atoms with van der Waals surface area (Å²) in [6, 6.07) is 7.77. The quantitative estimate of drug-likeness (QED) is 0.656. The van der Waals surface area contributed by atoms with Gasteiger partial charge in [-0.25, -0.2) is 5.43 Å². The highest BCUT2D eigenvalue weighted by molar-refractivity contribution is 7.12. The third-order valence-electron chi connectivity index (χ3n) is 2.50. The van der Waals surface area contributed by atoms with Gasteiger partial charge >= 0.3 is 0 Å². The van der Waals surface area contributed by atoms with Gasteiger partial charge in [0.05, 0.1) is 16.3 Å². The number of oxime groups is 1. The van der Waals surface area contributed by atoms with Gasteiger partial charge < -0.3 is 4.84 Å². The van der Waals surface area contributed by atoms with E-state index in [1.54, 1.807) is 22.7 Å². The van der Waals surface area contributed by atoms with E-state index in [0.29, 0.717) is 0 Å². The van der Waals surface area contributed by atoms with Crippen molar-refractivity contribution >= 4 is 40.0 Å². The fraction of sp³-hybridized carbons (Fsp3) is 0.214. The Morgan fingerprint density at radius 2 is 1.76 bits per heavy atom. The van der Waals surface area contributed by atoms with Gasteiger partial charge in [0.2, 0.25) is 0 Å². The van der Waals surface area contributed by atoms with Crippen molar-refractivity contribution in [1.82, 2.24) is 5.43 Å². The van der Waals surface area contributed by atoms with Crippen LogP contribution in [0.1, 0.15) is 23.6 Å². The average molecular weight is 321 g/mol. The maximum Gasteiger partial charge on any atom is 0.280 e. The molecular formula is C14H15N3O2S2. The van der Waals surface area contributed by atoms with Crippen molar-refractivity contribution in [2.75, 3.05) is 6.61 Å². The highest BCUT2D eigenvalue weighted by atomic mass is 32.1. The molecule has 0 saturated heterocycles. The molecule has 0 saturated carbocycles. The van der Waals surface area contributed by atoms with E-state index >= 15 is 0 Å². The van der Waals surface area contributed by atoms with Gasteiger partial charge in [-0.3, -0.25) is 4.79 Å². The normalized spacial score (nSPS) is 12.3. The molecule has 0 unspecified atom stereocenters. The van der Waals surface area contributed by atoms with E-state index < -0.39 is 0 Å². The van der Waals surface area contributed by atoms with Crippen molar-refractivity contribution in [2.45, 2.75) is 13.8 Å². The van der Waals surface area contributed by atoms with Crippen molar-refractivity contribution in [3.8, 4) is 0 Å². The Labute approximate surface area is 130 Å².